The Morgan fingerprint density at radius 3 is 2.63 bits per heavy atom. The number of aromatic nitrogens is 2. The Labute approximate surface area is 179 Å². The smallest absolute Gasteiger partial charge is 0.298 e. The zero-order valence-corrected chi connectivity index (χ0v) is 18.1. The van der Waals surface area contributed by atoms with E-state index in [1.54, 1.807) is 35.6 Å². The van der Waals surface area contributed by atoms with E-state index in [4.69, 9.17) is 4.18 Å². The zero-order chi connectivity index (χ0) is 20.7. The molecule has 0 aliphatic carbocycles. The quantitative estimate of drug-likeness (QED) is 0.608. The van der Waals surface area contributed by atoms with Crippen molar-refractivity contribution in [2.75, 3.05) is 24.5 Å². The Hall–Kier alpha value is -2.33. The normalized spacial score (nSPS) is 23.6. The van der Waals surface area contributed by atoms with Crippen molar-refractivity contribution in [1.29, 1.82) is 0 Å². The van der Waals surface area contributed by atoms with Gasteiger partial charge in [0.05, 0.1) is 10.6 Å². The van der Waals surface area contributed by atoms with Crippen molar-refractivity contribution in [2.45, 2.75) is 18.0 Å². The zero-order valence-electron chi connectivity index (χ0n) is 16.4. The van der Waals surface area contributed by atoms with Crippen LogP contribution in [0.1, 0.15) is 5.56 Å². The number of nitrogens with one attached hydrogen (secondary N) is 1. The first kappa shape index (κ1) is 19.6. The highest BCUT2D eigenvalue weighted by Crippen LogP contribution is 2.37. The molecule has 0 radical (unpaired) electrons. The Balaban J connectivity index is 1.43. The molecule has 2 saturated heterocycles. The highest BCUT2D eigenvalue weighted by molar-refractivity contribution is 7.86. The molecule has 5 rings (SSSR count). The van der Waals surface area contributed by atoms with E-state index in [2.05, 4.69) is 15.5 Å². The summed E-state index contributed by atoms with van der Waals surface area (Å²) in [6, 6.07) is 12.5. The molecule has 1 aromatic carbocycles. The van der Waals surface area contributed by atoms with E-state index in [1.165, 1.54) is 0 Å². The third-order valence-electron chi connectivity index (χ3n) is 5.79. The summed E-state index contributed by atoms with van der Waals surface area (Å²) in [4.78, 5) is 2.10. The molecule has 9 heteroatoms. The van der Waals surface area contributed by atoms with Crippen LogP contribution in [0.15, 0.2) is 58.1 Å². The fourth-order valence-corrected chi connectivity index (χ4v) is 5.89. The summed E-state index contributed by atoms with van der Waals surface area (Å²) < 4.78 is 31.7. The van der Waals surface area contributed by atoms with Crippen molar-refractivity contribution in [3.05, 3.63) is 58.8 Å². The maximum atomic E-state index is 13.0. The second-order valence-electron chi connectivity index (χ2n) is 7.78. The van der Waals surface area contributed by atoms with Crippen LogP contribution in [0.2, 0.25) is 0 Å². The van der Waals surface area contributed by atoms with E-state index in [0.717, 1.165) is 29.9 Å². The third-order valence-corrected chi connectivity index (χ3v) is 7.78. The van der Waals surface area contributed by atoms with Crippen LogP contribution in [-0.4, -0.2) is 44.5 Å². The van der Waals surface area contributed by atoms with Gasteiger partial charge in [0.2, 0.25) is 0 Å². The lowest BCUT2D eigenvalue weighted by atomic mass is 10.00. The summed E-state index contributed by atoms with van der Waals surface area (Å²) in [7, 11) is -3.90. The minimum atomic E-state index is -3.90. The van der Waals surface area contributed by atoms with Crippen LogP contribution in [-0.2, 0) is 14.3 Å². The van der Waals surface area contributed by atoms with E-state index in [0.29, 0.717) is 18.3 Å². The Morgan fingerprint density at radius 1 is 1.10 bits per heavy atom. The van der Waals surface area contributed by atoms with Gasteiger partial charge in [-0.3, -0.25) is 0 Å². The number of aryl methyl sites for hydroxylation is 1. The van der Waals surface area contributed by atoms with Crippen molar-refractivity contribution in [1.82, 2.24) is 15.5 Å². The van der Waals surface area contributed by atoms with Gasteiger partial charge in [-0.1, -0.05) is 17.7 Å². The van der Waals surface area contributed by atoms with Gasteiger partial charge < -0.3 is 10.2 Å². The molecule has 2 aliphatic rings. The first-order valence-corrected chi connectivity index (χ1v) is 12.2. The highest BCUT2D eigenvalue weighted by atomic mass is 32.2. The second-order valence-corrected chi connectivity index (χ2v) is 10.1. The van der Waals surface area contributed by atoms with Gasteiger partial charge >= 0.3 is 0 Å². The molecule has 2 aliphatic heterocycles. The van der Waals surface area contributed by atoms with Gasteiger partial charge in [0, 0.05) is 36.5 Å². The molecule has 0 saturated carbocycles. The molecule has 30 heavy (non-hydrogen) atoms. The van der Waals surface area contributed by atoms with Crippen LogP contribution in [0.25, 0.3) is 11.3 Å². The van der Waals surface area contributed by atoms with E-state index >= 15 is 0 Å². The molecule has 3 aromatic rings. The molecular weight excluding hydrogens is 420 g/mol. The average Bonchev–Trinajstić information content (AvgIpc) is 3.48. The first-order valence-electron chi connectivity index (χ1n) is 9.85. The summed E-state index contributed by atoms with van der Waals surface area (Å²) >= 11 is 1.61. The van der Waals surface area contributed by atoms with Crippen LogP contribution in [0.3, 0.4) is 0 Å². The molecule has 0 amide bonds. The van der Waals surface area contributed by atoms with Crippen molar-refractivity contribution < 1.29 is 12.6 Å². The number of rotatable bonds is 5. The van der Waals surface area contributed by atoms with Gasteiger partial charge in [0.15, 0.2) is 12.0 Å². The number of benzene rings is 1. The van der Waals surface area contributed by atoms with Crippen LogP contribution in [0, 0.1) is 18.8 Å². The molecule has 3 atom stereocenters. The van der Waals surface area contributed by atoms with Crippen molar-refractivity contribution in [2.24, 2.45) is 11.8 Å². The van der Waals surface area contributed by atoms with Crippen molar-refractivity contribution in [3.8, 4) is 11.3 Å². The molecule has 156 valence electrons. The van der Waals surface area contributed by atoms with Gasteiger partial charge in [0.1, 0.15) is 0 Å². The fraction of sp³-hybridized carbons (Fsp3) is 0.333. The van der Waals surface area contributed by atoms with Gasteiger partial charge in [-0.05, 0) is 48.6 Å². The lowest BCUT2D eigenvalue weighted by Gasteiger charge is -2.27. The second kappa shape index (κ2) is 7.73. The van der Waals surface area contributed by atoms with Crippen molar-refractivity contribution >= 4 is 27.3 Å². The van der Waals surface area contributed by atoms with E-state index in [-0.39, 0.29) is 10.8 Å². The predicted octanol–water partition coefficient (Wildman–Crippen LogP) is 2.90. The number of anilines is 1. The largest absolute Gasteiger partial charge is 0.328 e. The highest BCUT2D eigenvalue weighted by Gasteiger charge is 2.47. The van der Waals surface area contributed by atoms with Gasteiger partial charge in [-0.15, -0.1) is 10.2 Å². The van der Waals surface area contributed by atoms with Crippen LogP contribution < -0.4 is 10.2 Å². The van der Waals surface area contributed by atoms with Crippen molar-refractivity contribution in [3.63, 3.8) is 0 Å². The van der Waals surface area contributed by atoms with Crippen LogP contribution in [0.5, 0.6) is 0 Å². The molecular formula is C21H22N4O3S2. The summed E-state index contributed by atoms with van der Waals surface area (Å²) in [5.74, 6) is 1.01. The van der Waals surface area contributed by atoms with Gasteiger partial charge in [0.25, 0.3) is 10.1 Å². The number of thiophene rings is 1. The van der Waals surface area contributed by atoms with E-state index in [9.17, 15) is 8.42 Å². The Morgan fingerprint density at radius 2 is 1.93 bits per heavy atom. The van der Waals surface area contributed by atoms with Gasteiger partial charge in [-0.2, -0.15) is 19.8 Å². The monoisotopic (exact) mass is 442 g/mol. The lowest BCUT2D eigenvalue weighted by Crippen LogP contribution is -2.39. The number of hydrogen-bond acceptors (Lipinski definition) is 8. The molecule has 2 aromatic heterocycles. The van der Waals surface area contributed by atoms with Gasteiger partial charge in [-0.25, -0.2) is 4.18 Å². The number of fused-ring (bicyclic) bond motifs is 1. The predicted molar refractivity (Wildman–Crippen MR) is 116 cm³/mol. The molecule has 2 fully saturated rings. The fourth-order valence-electron chi connectivity index (χ4n) is 4.15. The molecule has 0 spiro atoms. The molecule has 3 unspecified atom stereocenters. The lowest BCUT2D eigenvalue weighted by molar-refractivity contribution is 0.166. The van der Waals surface area contributed by atoms with E-state index < -0.39 is 16.3 Å². The Kier molecular flexibility index (Phi) is 5.06. The maximum absolute atomic E-state index is 13.0. The summed E-state index contributed by atoms with van der Waals surface area (Å²) in [6.07, 6.45) is -0.613. The number of hydrogen-bond donors (Lipinski definition) is 1. The standard InChI is InChI=1S/C21H22N4O3S2/c1-14-2-4-17(5-3-14)30(26,27)28-21-18-11-22-10-16(18)12-25(21)20-7-6-19(23-24-20)15-8-9-29-13-15/h2-9,13,16,18,21-22H,10-12H2,1H3. The summed E-state index contributed by atoms with van der Waals surface area (Å²) in [5, 5.41) is 16.1. The molecule has 1 N–H and O–H groups in total. The molecule has 4 heterocycles. The SMILES string of the molecule is Cc1ccc(S(=O)(=O)OC2C3CNCC3CN2c2ccc(-c3ccsc3)nn2)cc1. The number of nitrogens with zero attached hydrogens (tertiary/aromatic N) is 3. The first-order chi connectivity index (χ1) is 14.5. The van der Waals surface area contributed by atoms with E-state index in [1.807, 2.05) is 40.8 Å². The summed E-state index contributed by atoms with van der Waals surface area (Å²) in [6.45, 7) is 4.16. The average molecular weight is 443 g/mol. The third kappa shape index (κ3) is 3.62. The summed E-state index contributed by atoms with van der Waals surface area (Å²) in [5.41, 5.74) is 2.82. The maximum Gasteiger partial charge on any atom is 0.298 e. The van der Waals surface area contributed by atoms with Crippen LogP contribution in [0.4, 0.5) is 5.82 Å². The van der Waals surface area contributed by atoms with Crippen LogP contribution >= 0.6 is 11.3 Å². The Bertz CT molecular complexity index is 1120. The molecule has 0 bridgehead atoms. The minimum Gasteiger partial charge on any atom is -0.328 e. The molecule has 7 nitrogen and oxygen atoms in total. The minimum absolute atomic E-state index is 0.0728. The topological polar surface area (TPSA) is 84.4 Å².